The first kappa shape index (κ1) is 20.4. The third-order valence-electron chi connectivity index (χ3n) is 3.29. The van der Waals surface area contributed by atoms with Crippen molar-refractivity contribution in [3.63, 3.8) is 0 Å². The molecule has 0 aliphatic heterocycles. The van der Waals surface area contributed by atoms with Gasteiger partial charge < -0.3 is 20.5 Å². The second-order valence-corrected chi connectivity index (χ2v) is 5.68. The molecule has 0 heterocycles. The predicted octanol–water partition coefficient (Wildman–Crippen LogP) is 3.51. The molecule has 0 radical (unpaired) electrons. The molecule has 0 bridgehead atoms. The lowest BCUT2D eigenvalue weighted by atomic mass is 10.1. The van der Waals surface area contributed by atoms with Gasteiger partial charge in [0.1, 0.15) is 5.75 Å². The maximum atomic E-state index is 12.1. The van der Waals surface area contributed by atoms with E-state index in [2.05, 4.69) is 15.4 Å². The second kappa shape index (κ2) is 8.64. The fourth-order valence-electron chi connectivity index (χ4n) is 2.04. The van der Waals surface area contributed by atoms with Gasteiger partial charge in [-0.15, -0.1) is 13.2 Å². The summed E-state index contributed by atoms with van der Waals surface area (Å²) < 4.78 is 40.1. The number of non-ortho nitro benzene ring substituents is 1. The number of nitrogens with zero attached hydrogens (tertiary/aromatic N) is 1. The van der Waals surface area contributed by atoms with Gasteiger partial charge in [-0.3, -0.25) is 10.1 Å². The first-order chi connectivity index (χ1) is 12.6. The fourth-order valence-corrected chi connectivity index (χ4v) is 2.24. The molecule has 3 N–H and O–H groups in total. The van der Waals surface area contributed by atoms with Crippen molar-refractivity contribution in [2.24, 2.45) is 0 Å². The Morgan fingerprint density at radius 3 is 2.30 bits per heavy atom. The number of halogens is 3. The number of alkyl halides is 3. The largest absolute Gasteiger partial charge is 0.573 e. The molecule has 1 atom stereocenters. The Bertz CT molecular complexity index is 798. The molecule has 0 aliphatic rings. The minimum atomic E-state index is -4.76. The zero-order chi connectivity index (χ0) is 20.0. The summed E-state index contributed by atoms with van der Waals surface area (Å²) in [5.74, 6) is -0.361. The number of nitrogens with one attached hydrogen (secondary N) is 2. The number of nitro groups is 1. The highest BCUT2D eigenvalue weighted by atomic mass is 32.1. The van der Waals surface area contributed by atoms with Gasteiger partial charge in [0, 0.05) is 24.4 Å². The lowest BCUT2D eigenvalue weighted by Gasteiger charge is -2.15. The number of thiocarbonyl (C=S) groups is 1. The smallest absolute Gasteiger partial charge is 0.406 e. The maximum absolute atomic E-state index is 12.1. The van der Waals surface area contributed by atoms with E-state index >= 15 is 0 Å². The molecule has 27 heavy (non-hydrogen) atoms. The van der Waals surface area contributed by atoms with Crippen LogP contribution in [-0.2, 0) is 0 Å². The van der Waals surface area contributed by atoms with Gasteiger partial charge in [-0.1, -0.05) is 0 Å². The lowest BCUT2D eigenvalue weighted by Crippen LogP contribution is -2.32. The molecule has 2 aromatic rings. The van der Waals surface area contributed by atoms with E-state index in [1.54, 1.807) is 0 Å². The number of rotatable bonds is 6. The summed E-state index contributed by atoms with van der Waals surface area (Å²) in [6.45, 7) is 0.0267. The number of ether oxygens (including phenoxy) is 1. The Balaban J connectivity index is 1.84. The summed E-state index contributed by atoms with van der Waals surface area (Å²) in [6, 6.07) is 10.4. The summed E-state index contributed by atoms with van der Waals surface area (Å²) in [6.07, 6.45) is -5.73. The number of nitro benzene ring substituents is 1. The van der Waals surface area contributed by atoms with Crippen molar-refractivity contribution < 1.29 is 27.9 Å². The summed E-state index contributed by atoms with van der Waals surface area (Å²) >= 11 is 5.05. The topological polar surface area (TPSA) is 96.7 Å². The third kappa shape index (κ3) is 6.72. The highest BCUT2D eigenvalue weighted by molar-refractivity contribution is 7.80. The van der Waals surface area contributed by atoms with E-state index in [9.17, 15) is 28.4 Å². The third-order valence-corrected chi connectivity index (χ3v) is 3.54. The van der Waals surface area contributed by atoms with Crippen molar-refractivity contribution in [1.82, 2.24) is 5.32 Å². The molecule has 0 aromatic heterocycles. The van der Waals surface area contributed by atoms with Gasteiger partial charge in [0.25, 0.3) is 5.69 Å². The van der Waals surface area contributed by atoms with Crippen LogP contribution in [0.3, 0.4) is 0 Å². The number of benzene rings is 2. The quantitative estimate of drug-likeness (QED) is 0.387. The molecular formula is C16H14F3N3O4S. The van der Waals surface area contributed by atoms with Gasteiger partial charge in [0.15, 0.2) is 5.11 Å². The van der Waals surface area contributed by atoms with Crippen LogP contribution in [0.4, 0.5) is 24.5 Å². The van der Waals surface area contributed by atoms with Crippen LogP contribution in [0.1, 0.15) is 11.7 Å². The van der Waals surface area contributed by atoms with Crippen LogP contribution in [-0.4, -0.2) is 28.0 Å². The number of aliphatic hydroxyl groups excluding tert-OH is 1. The van der Waals surface area contributed by atoms with Gasteiger partial charge in [0.2, 0.25) is 0 Å². The van der Waals surface area contributed by atoms with Gasteiger partial charge in [-0.25, -0.2) is 0 Å². The molecule has 11 heteroatoms. The average Bonchev–Trinajstić information content (AvgIpc) is 2.60. The predicted molar refractivity (Wildman–Crippen MR) is 95.4 cm³/mol. The van der Waals surface area contributed by atoms with Crippen molar-refractivity contribution in [1.29, 1.82) is 0 Å². The minimum Gasteiger partial charge on any atom is -0.406 e. The van der Waals surface area contributed by atoms with Crippen molar-refractivity contribution in [3.05, 3.63) is 64.2 Å². The molecule has 2 aromatic carbocycles. The van der Waals surface area contributed by atoms with Crippen molar-refractivity contribution in [3.8, 4) is 5.75 Å². The molecule has 144 valence electrons. The zero-order valence-corrected chi connectivity index (χ0v) is 14.4. The average molecular weight is 401 g/mol. The van der Waals surface area contributed by atoms with Crippen LogP contribution in [0.15, 0.2) is 48.5 Å². The van der Waals surface area contributed by atoms with E-state index in [1.165, 1.54) is 36.4 Å². The number of anilines is 1. The van der Waals surface area contributed by atoms with Crippen LogP contribution in [0.5, 0.6) is 5.75 Å². The van der Waals surface area contributed by atoms with E-state index in [4.69, 9.17) is 12.2 Å². The van der Waals surface area contributed by atoms with Gasteiger partial charge in [0.05, 0.1) is 11.0 Å². The van der Waals surface area contributed by atoms with Gasteiger partial charge in [-0.05, 0) is 54.2 Å². The van der Waals surface area contributed by atoms with Crippen molar-refractivity contribution >= 4 is 28.7 Å². The van der Waals surface area contributed by atoms with E-state index < -0.39 is 17.4 Å². The zero-order valence-electron chi connectivity index (χ0n) is 13.6. The standard InChI is InChI=1S/C16H14F3N3O4S/c17-16(18,19)26-13-7-3-11(4-8-13)21-15(27)20-9-14(23)10-1-5-12(6-2-10)22(24)25/h1-8,14,23H,9H2,(H2,20,21,27)/t14-/m0/s1. The van der Waals surface area contributed by atoms with Crippen LogP contribution in [0.2, 0.25) is 0 Å². The Kier molecular flexibility index (Phi) is 6.53. The number of hydrogen-bond donors (Lipinski definition) is 3. The Labute approximate surface area is 156 Å². The summed E-state index contributed by atoms with van der Waals surface area (Å²) in [4.78, 5) is 10.1. The molecule has 0 fully saturated rings. The molecule has 0 unspecified atom stereocenters. The molecule has 7 nitrogen and oxygen atoms in total. The molecule has 2 rings (SSSR count). The van der Waals surface area contributed by atoms with Gasteiger partial charge in [-0.2, -0.15) is 0 Å². The van der Waals surface area contributed by atoms with E-state index in [0.717, 1.165) is 12.1 Å². The highest BCUT2D eigenvalue weighted by Gasteiger charge is 2.30. The minimum absolute atomic E-state index is 0.0267. The van der Waals surface area contributed by atoms with Crippen molar-refractivity contribution in [2.45, 2.75) is 12.5 Å². The van der Waals surface area contributed by atoms with Crippen molar-refractivity contribution in [2.75, 3.05) is 11.9 Å². The molecule has 0 saturated heterocycles. The number of hydrogen-bond acceptors (Lipinski definition) is 5. The Hall–Kier alpha value is -2.92. The second-order valence-electron chi connectivity index (χ2n) is 5.27. The first-order valence-corrected chi connectivity index (χ1v) is 7.88. The summed E-state index contributed by atoms with van der Waals surface area (Å²) in [7, 11) is 0. The van der Waals surface area contributed by atoms with Crippen LogP contribution in [0, 0.1) is 10.1 Å². The van der Waals surface area contributed by atoms with E-state index in [0.29, 0.717) is 11.3 Å². The normalized spacial score (nSPS) is 12.1. The molecule has 0 saturated carbocycles. The fraction of sp³-hybridized carbons (Fsp3) is 0.188. The van der Waals surface area contributed by atoms with E-state index in [-0.39, 0.29) is 23.1 Å². The molecule has 0 amide bonds. The lowest BCUT2D eigenvalue weighted by molar-refractivity contribution is -0.384. The van der Waals surface area contributed by atoms with Crippen LogP contribution in [0.25, 0.3) is 0 Å². The first-order valence-electron chi connectivity index (χ1n) is 7.47. The SMILES string of the molecule is O=[N+]([O-])c1ccc([C@@H](O)CNC(=S)Nc2ccc(OC(F)(F)F)cc2)cc1. The number of aliphatic hydroxyl groups is 1. The van der Waals surface area contributed by atoms with E-state index in [1.807, 2.05) is 0 Å². The highest BCUT2D eigenvalue weighted by Crippen LogP contribution is 2.24. The maximum Gasteiger partial charge on any atom is 0.573 e. The monoisotopic (exact) mass is 401 g/mol. The Morgan fingerprint density at radius 2 is 1.78 bits per heavy atom. The molecule has 0 spiro atoms. The summed E-state index contributed by atoms with van der Waals surface area (Å²) in [5.41, 5.74) is 0.797. The molecular weight excluding hydrogens is 387 g/mol. The molecule has 0 aliphatic carbocycles. The van der Waals surface area contributed by atoms with Gasteiger partial charge >= 0.3 is 6.36 Å². The Morgan fingerprint density at radius 1 is 1.19 bits per heavy atom. The summed E-state index contributed by atoms with van der Waals surface area (Å²) in [5, 5.41) is 26.3. The van der Waals surface area contributed by atoms with Crippen LogP contribution < -0.4 is 15.4 Å². The van der Waals surface area contributed by atoms with Crippen LogP contribution >= 0.6 is 12.2 Å².